The van der Waals surface area contributed by atoms with Crippen molar-refractivity contribution in [3.8, 4) is 12.0 Å². The quantitative estimate of drug-likeness (QED) is 0.786. The molecule has 0 aromatic carbocycles. The summed E-state index contributed by atoms with van der Waals surface area (Å²) in [5, 5.41) is 0.0612. The second-order valence-corrected chi connectivity index (χ2v) is 4.94. The number of hydrogen-bond donors (Lipinski definition) is 0. The van der Waals surface area contributed by atoms with E-state index in [1.165, 1.54) is 0 Å². The molecule has 0 N–H and O–H groups in total. The van der Waals surface area contributed by atoms with E-state index in [9.17, 15) is 0 Å². The second kappa shape index (κ2) is 6.15. The monoisotopic (exact) mass is 274 g/mol. The first-order chi connectivity index (χ1) is 8.35. The van der Waals surface area contributed by atoms with Crippen molar-refractivity contribution >= 4 is 11.6 Å². The fourth-order valence-corrected chi connectivity index (χ4v) is 1.09. The van der Waals surface area contributed by atoms with Crippen molar-refractivity contribution in [2.24, 2.45) is 0 Å². The van der Waals surface area contributed by atoms with E-state index >= 15 is 0 Å². The van der Waals surface area contributed by atoms with E-state index < -0.39 is 0 Å². The van der Waals surface area contributed by atoms with Gasteiger partial charge in [0.15, 0.2) is 0 Å². The number of aromatic nitrogens is 3. The molecule has 0 bridgehead atoms. The van der Waals surface area contributed by atoms with Crippen molar-refractivity contribution in [3.05, 3.63) is 5.28 Å². The minimum absolute atomic E-state index is 0.0612. The van der Waals surface area contributed by atoms with Gasteiger partial charge in [0.05, 0.1) is 6.61 Å². The van der Waals surface area contributed by atoms with Crippen molar-refractivity contribution in [1.29, 1.82) is 0 Å². The van der Waals surface area contributed by atoms with Gasteiger partial charge in [0.1, 0.15) is 6.61 Å². The summed E-state index contributed by atoms with van der Waals surface area (Å²) < 4.78 is 10.7. The van der Waals surface area contributed by atoms with E-state index in [0.717, 1.165) is 0 Å². The molecular weight excluding hydrogens is 256 g/mol. The minimum Gasteiger partial charge on any atom is -0.464 e. The van der Waals surface area contributed by atoms with Gasteiger partial charge in [0.2, 0.25) is 5.28 Å². The molecule has 0 spiro atoms. The van der Waals surface area contributed by atoms with E-state index in [1.54, 1.807) is 0 Å². The Morgan fingerprint density at radius 1 is 1.11 bits per heavy atom. The third-order valence-electron chi connectivity index (χ3n) is 2.61. The van der Waals surface area contributed by atoms with Crippen LogP contribution in [-0.4, -0.2) is 52.7 Å². The third kappa shape index (κ3) is 4.27. The molecule has 0 radical (unpaired) electrons. The lowest BCUT2D eigenvalue weighted by atomic mass is 10.1. The van der Waals surface area contributed by atoms with Crippen LogP contribution in [0.1, 0.15) is 20.8 Å². The Hall–Kier alpha value is -1.14. The molecule has 0 atom stereocenters. The number of ether oxygens (including phenoxy) is 2. The van der Waals surface area contributed by atoms with Crippen LogP contribution in [0.2, 0.25) is 5.28 Å². The molecule has 102 valence electrons. The maximum atomic E-state index is 5.77. The minimum atomic E-state index is -0.134. The molecule has 0 aliphatic heterocycles. The van der Waals surface area contributed by atoms with Crippen molar-refractivity contribution in [1.82, 2.24) is 19.9 Å². The summed E-state index contributed by atoms with van der Waals surface area (Å²) in [4.78, 5) is 13.8. The number of rotatable bonds is 6. The predicted octanol–water partition coefficient (Wildman–Crippen LogP) is 1.64. The molecule has 1 heterocycles. The molecule has 0 saturated heterocycles. The van der Waals surface area contributed by atoms with Gasteiger partial charge in [-0.25, -0.2) is 0 Å². The summed E-state index contributed by atoms with van der Waals surface area (Å²) in [5.74, 6) is 0. The lowest BCUT2D eigenvalue weighted by Gasteiger charge is -2.31. The second-order valence-electron chi connectivity index (χ2n) is 4.60. The van der Waals surface area contributed by atoms with Crippen LogP contribution in [-0.2, 0) is 0 Å². The first kappa shape index (κ1) is 14.9. The van der Waals surface area contributed by atoms with Gasteiger partial charge in [-0.1, -0.05) is 0 Å². The van der Waals surface area contributed by atoms with Crippen molar-refractivity contribution in [3.63, 3.8) is 0 Å². The molecule has 0 aliphatic rings. The summed E-state index contributed by atoms with van der Waals surface area (Å²) >= 11 is 5.77. The fourth-order valence-electron chi connectivity index (χ4n) is 0.943. The molecule has 18 heavy (non-hydrogen) atoms. The Labute approximate surface area is 112 Å². The van der Waals surface area contributed by atoms with Gasteiger partial charge in [0, 0.05) is 5.54 Å². The Morgan fingerprint density at radius 3 is 2.17 bits per heavy atom. The largest absolute Gasteiger partial charge is 0.464 e. The van der Waals surface area contributed by atoms with Crippen LogP contribution in [0.15, 0.2) is 0 Å². The van der Waals surface area contributed by atoms with Crippen LogP contribution in [0.3, 0.4) is 0 Å². The number of likely N-dealkylation sites (N-methyl/N-ethyl adjacent to an activating group) is 1. The van der Waals surface area contributed by atoms with Crippen LogP contribution >= 0.6 is 11.6 Å². The average Bonchev–Trinajstić information content (AvgIpc) is 2.26. The maximum absolute atomic E-state index is 5.77. The van der Waals surface area contributed by atoms with E-state index in [4.69, 9.17) is 21.1 Å². The molecule has 1 aromatic heterocycles. The SMILES string of the molecule is CCOc1nc(Cl)nc(OCC(C)(C)N(C)C)n1. The van der Waals surface area contributed by atoms with Crippen LogP contribution in [0.5, 0.6) is 12.0 Å². The average molecular weight is 275 g/mol. The van der Waals surface area contributed by atoms with Crippen LogP contribution < -0.4 is 9.47 Å². The van der Waals surface area contributed by atoms with Gasteiger partial charge in [-0.15, -0.1) is 4.98 Å². The molecule has 0 unspecified atom stereocenters. The van der Waals surface area contributed by atoms with Crippen molar-refractivity contribution in [2.45, 2.75) is 26.3 Å². The lowest BCUT2D eigenvalue weighted by molar-refractivity contribution is 0.106. The van der Waals surface area contributed by atoms with Crippen LogP contribution in [0, 0.1) is 0 Å². The zero-order valence-electron chi connectivity index (χ0n) is 11.4. The number of halogens is 1. The Bertz CT molecular complexity index is 399. The summed E-state index contributed by atoms with van der Waals surface area (Å²) in [6.07, 6.45) is 0. The normalized spacial score (nSPS) is 11.7. The van der Waals surface area contributed by atoms with Crippen molar-refractivity contribution < 1.29 is 9.47 Å². The molecule has 7 heteroatoms. The zero-order chi connectivity index (χ0) is 13.8. The smallest absolute Gasteiger partial charge is 0.323 e. The highest BCUT2D eigenvalue weighted by Gasteiger charge is 2.22. The zero-order valence-corrected chi connectivity index (χ0v) is 12.2. The van der Waals surface area contributed by atoms with Gasteiger partial charge in [-0.05, 0) is 46.5 Å². The van der Waals surface area contributed by atoms with Gasteiger partial charge >= 0.3 is 12.0 Å². The molecule has 0 aliphatic carbocycles. The first-order valence-electron chi connectivity index (χ1n) is 5.69. The Morgan fingerprint density at radius 2 is 1.67 bits per heavy atom. The summed E-state index contributed by atoms with van der Waals surface area (Å²) in [5.41, 5.74) is -0.134. The molecule has 6 nitrogen and oxygen atoms in total. The van der Waals surface area contributed by atoms with E-state index in [1.807, 2.05) is 21.0 Å². The molecule has 0 fully saturated rings. The Kier molecular flexibility index (Phi) is 5.10. The third-order valence-corrected chi connectivity index (χ3v) is 2.77. The van der Waals surface area contributed by atoms with E-state index in [-0.39, 0.29) is 22.8 Å². The molecule has 1 aromatic rings. The molecule has 0 saturated carbocycles. The van der Waals surface area contributed by atoms with Crippen LogP contribution in [0.4, 0.5) is 0 Å². The predicted molar refractivity (Wildman–Crippen MR) is 69.3 cm³/mol. The van der Waals surface area contributed by atoms with Gasteiger partial charge in [0.25, 0.3) is 0 Å². The molecular formula is C11H19ClN4O2. The number of nitrogens with zero attached hydrogens (tertiary/aromatic N) is 4. The molecule has 1 rings (SSSR count). The van der Waals surface area contributed by atoms with Gasteiger partial charge in [-0.3, -0.25) is 0 Å². The highest BCUT2D eigenvalue weighted by molar-refractivity contribution is 6.28. The topological polar surface area (TPSA) is 60.4 Å². The van der Waals surface area contributed by atoms with Gasteiger partial charge < -0.3 is 14.4 Å². The van der Waals surface area contributed by atoms with E-state index in [2.05, 4.69) is 33.7 Å². The Balaban J connectivity index is 2.73. The number of hydrogen-bond acceptors (Lipinski definition) is 6. The van der Waals surface area contributed by atoms with Crippen molar-refractivity contribution in [2.75, 3.05) is 27.3 Å². The van der Waals surface area contributed by atoms with E-state index in [0.29, 0.717) is 13.2 Å². The maximum Gasteiger partial charge on any atom is 0.323 e. The summed E-state index contributed by atoms with van der Waals surface area (Å²) in [7, 11) is 3.96. The standard InChI is InChI=1S/C11H19ClN4O2/c1-6-17-9-13-8(12)14-10(15-9)18-7-11(2,3)16(4)5/h6-7H2,1-5H3. The highest BCUT2D eigenvalue weighted by atomic mass is 35.5. The summed E-state index contributed by atoms with van der Waals surface area (Å²) in [6, 6.07) is 0.350. The van der Waals surface area contributed by atoms with Crippen LogP contribution in [0.25, 0.3) is 0 Å². The van der Waals surface area contributed by atoms with Gasteiger partial charge in [-0.2, -0.15) is 9.97 Å². The first-order valence-corrected chi connectivity index (χ1v) is 6.07. The lowest BCUT2D eigenvalue weighted by Crippen LogP contribution is -2.43. The summed E-state index contributed by atoms with van der Waals surface area (Å²) in [6.45, 7) is 6.85. The fraction of sp³-hybridized carbons (Fsp3) is 0.727. The highest BCUT2D eigenvalue weighted by Crippen LogP contribution is 2.16. The molecule has 0 amide bonds.